The Morgan fingerprint density at radius 1 is 1.53 bits per heavy atom. The Bertz CT molecular complexity index is 462. The highest BCUT2D eigenvalue weighted by Gasteiger charge is 2.17. The van der Waals surface area contributed by atoms with E-state index in [9.17, 15) is 8.42 Å². The van der Waals surface area contributed by atoms with Crippen molar-refractivity contribution in [2.75, 3.05) is 24.4 Å². The molecule has 96 valence electrons. The summed E-state index contributed by atoms with van der Waals surface area (Å²) >= 11 is 1.60. The molecule has 0 aliphatic heterocycles. The van der Waals surface area contributed by atoms with Crippen molar-refractivity contribution in [2.45, 2.75) is 17.9 Å². The second-order valence-corrected chi connectivity index (χ2v) is 6.23. The van der Waals surface area contributed by atoms with Crippen LogP contribution in [0.2, 0.25) is 0 Å². The van der Waals surface area contributed by atoms with Crippen LogP contribution in [-0.4, -0.2) is 38.5 Å². The molecule has 1 aromatic rings. The lowest BCUT2D eigenvalue weighted by atomic mass is 10.4. The minimum Gasteiger partial charge on any atom is -0.373 e. The van der Waals surface area contributed by atoms with E-state index < -0.39 is 10.0 Å². The van der Waals surface area contributed by atoms with Gasteiger partial charge in [0.25, 0.3) is 0 Å². The van der Waals surface area contributed by atoms with Gasteiger partial charge in [0, 0.05) is 31.1 Å². The van der Waals surface area contributed by atoms with Crippen molar-refractivity contribution in [3.8, 4) is 0 Å². The standard InChI is InChI=1S/C10H17N3O2S2/c1-8(7-16-3)13-17(14,15)9-4-5-12-10(6-9)11-2/h4-6,8,13H,7H2,1-3H3,(H,11,12). The van der Waals surface area contributed by atoms with Gasteiger partial charge in [0.2, 0.25) is 10.0 Å². The summed E-state index contributed by atoms with van der Waals surface area (Å²) in [5.74, 6) is 1.27. The van der Waals surface area contributed by atoms with Crippen molar-refractivity contribution < 1.29 is 8.42 Å². The first kappa shape index (κ1) is 14.3. The van der Waals surface area contributed by atoms with Gasteiger partial charge in [-0.25, -0.2) is 18.1 Å². The molecule has 17 heavy (non-hydrogen) atoms. The molecule has 1 rings (SSSR count). The summed E-state index contributed by atoms with van der Waals surface area (Å²) in [6, 6.07) is 2.89. The molecule has 0 radical (unpaired) electrons. The minimum absolute atomic E-state index is 0.0961. The fourth-order valence-electron chi connectivity index (χ4n) is 1.33. The van der Waals surface area contributed by atoms with Crippen LogP contribution in [0.15, 0.2) is 23.2 Å². The first-order valence-electron chi connectivity index (χ1n) is 5.14. The number of nitrogens with zero attached hydrogens (tertiary/aromatic N) is 1. The molecule has 5 nitrogen and oxygen atoms in total. The molecule has 7 heteroatoms. The lowest BCUT2D eigenvalue weighted by molar-refractivity contribution is 0.571. The SMILES string of the molecule is CNc1cc(S(=O)(=O)NC(C)CSC)ccn1. The van der Waals surface area contributed by atoms with Gasteiger partial charge in [0.15, 0.2) is 0 Å². The molecule has 1 unspecified atom stereocenters. The molecule has 0 amide bonds. The van der Waals surface area contributed by atoms with Crippen LogP contribution in [0, 0.1) is 0 Å². The van der Waals surface area contributed by atoms with Crippen LogP contribution in [0.5, 0.6) is 0 Å². The lowest BCUT2D eigenvalue weighted by Gasteiger charge is -2.13. The van der Waals surface area contributed by atoms with Gasteiger partial charge >= 0.3 is 0 Å². The van der Waals surface area contributed by atoms with E-state index in [1.54, 1.807) is 18.8 Å². The molecule has 0 spiro atoms. The van der Waals surface area contributed by atoms with E-state index in [-0.39, 0.29) is 10.9 Å². The van der Waals surface area contributed by atoms with Crippen molar-refractivity contribution >= 4 is 27.6 Å². The van der Waals surface area contributed by atoms with Crippen LogP contribution in [0.25, 0.3) is 0 Å². The molecular formula is C10H17N3O2S2. The molecule has 0 saturated carbocycles. The van der Waals surface area contributed by atoms with Gasteiger partial charge < -0.3 is 5.32 Å². The van der Waals surface area contributed by atoms with Crippen LogP contribution in [-0.2, 0) is 10.0 Å². The Hall–Kier alpha value is -0.790. The average molecular weight is 275 g/mol. The van der Waals surface area contributed by atoms with Crippen LogP contribution in [0.3, 0.4) is 0 Å². The maximum Gasteiger partial charge on any atom is 0.241 e. The molecule has 0 aromatic carbocycles. The molecule has 0 saturated heterocycles. The first-order chi connectivity index (χ1) is 7.99. The van der Waals surface area contributed by atoms with E-state index in [1.807, 2.05) is 13.2 Å². The molecule has 0 aliphatic carbocycles. The van der Waals surface area contributed by atoms with Gasteiger partial charge in [-0.2, -0.15) is 11.8 Å². The smallest absolute Gasteiger partial charge is 0.241 e. The van der Waals surface area contributed by atoms with Gasteiger partial charge in [-0.15, -0.1) is 0 Å². The minimum atomic E-state index is -3.46. The number of anilines is 1. The third kappa shape index (κ3) is 4.18. The monoisotopic (exact) mass is 275 g/mol. The van der Waals surface area contributed by atoms with Crippen LogP contribution in [0.4, 0.5) is 5.82 Å². The largest absolute Gasteiger partial charge is 0.373 e. The predicted octanol–water partition coefficient (Wildman–Crippen LogP) is 1.15. The van der Waals surface area contributed by atoms with Crippen molar-refractivity contribution in [2.24, 2.45) is 0 Å². The Morgan fingerprint density at radius 3 is 2.82 bits per heavy atom. The summed E-state index contributed by atoms with van der Waals surface area (Å²) in [4.78, 5) is 4.21. The highest BCUT2D eigenvalue weighted by atomic mass is 32.2. The molecule has 2 N–H and O–H groups in total. The number of sulfonamides is 1. The zero-order valence-electron chi connectivity index (χ0n) is 10.1. The van der Waals surface area contributed by atoms with Gasteiger partial charge in [-0.3, -0.25) is 0 Å². The summed E-state index contributed by atoms with van der Waals surface area (Å²) < 4.78 is 26.6. The first-order valence-corrected chi connectivity index (χ1v) is 8.02. The van der Waals surface area contributed by atoms with E-state index >= 15 is 0 Å². The maximum absolute atomic E-state index is 12.0. The van der Waals surface area contributed by atoms with Gasteiger partial charge in [-0.05, 0) is 19.2 Å². The average Bonchev–Trinajstić information content (AvgIpc) is 2.28. The summed E-state index contributed by atoms with van der Waals surface area (Å²) in [6.45, 7) is 1.84. The molecule has 0 fully saturated rings. The van der Waals surface area contributed by atoms with E-state index in [1.165, 1.54) is 18.3 Å². The van der Waals surface area contributed by atoms with Gasteiger partial charge in [0.1, 0.15) is 5.82 Å². The van der Waals surface area contributed by atoms with Crippen molar-refractivity contribution in [1.82, 2.24) is 9.71 Å². The summed E-state index contributed by atoms with van der Waals surface area (Å²) in [5.41, 5.74) is 0. The second-order valence-electron chi connectivity index (χ2n) is 3.60. The number of hydrogen-bond acceptors (Lipinski definition) is 5. The Morgan fingerprint density at radius 2 is 2.24 bits per heavy atom. The number of aromatic nitrogens is 1. The summed E-state index contributed by atoms with van der Waals surface area (Å²) in [7, 11) is -1.76. The highest BCUT2D eigenvalue weighted by molar-refractivity contribution is 7.98. The van der Waals surface area contributed by atoms with Crippen molar-refractivity contribution in [1.29, 1.82) is 0 Å². The predicted molar refractivity (Wildman–Crippen MR) is 71.9 cm³/mol. The maximum atomic E-state index is 12.0. The quantitative estimate of drug-likeness (QED) is 0.815. The van der Waals surface area contributed by atoms with E-state index in [0.29, 0.717) is 5.82 Å². The zero-order valence-corrected chi connectivity index (χ0v) is 11.7. The fourth-order valence-corrected chi connectivity index (χ4v) is 3.28. The van der Waals surface area contributed by atoms with Crippen LogP contribution in [0.1, 0.15) is 6.92 Å². The third-order valence-electron chi connectivity index (χ3n) is 2.07. The number of pyridine rings is 1. The molecular weight excluding hydrogens is 258 g/mol. The number of hydrogen-bond donors (Lipinski definition) is 2. The number of nitrogens with one attached hydrogen (secondary N) is 2. The topological polar surface area (TPSA) is 71.1 Å². The van der Waals surface area contributed by atoms with Crippen molar-refractivity contribution in [3.05, 3.63) is 18.3 Å². The fraction of sp³-hybridized carbons (Fsp3) is 0.500. The van der Waals surface area contributed by atoms with Crippen molar-refractivity contribution in [3.63, 3.8) is 0 Å². The third-order valence-corrected chi connectivity index (χ3v) is 4.49. The Kier molecular flexibility index (Phi) is 5.23. The van der Waals surface area contributed by atoms with Gasteiger partial charge in [-0.1, -0.05) is 0 Å². The highest BCUT2D eigenvalue weighted by Crippen LogP contribution is 2.13. The molecule has 0 bridgehead atoms. The van der Waals surface area contributed by atoms with E-state index in [2.05, 4.69) is 15.0 Å². The van der Waals surface area contributed by atoms with Gasteiger partial charge in [0.05, 0.1) is 4.90 Å². The molecule has 1 heterocycles. The van der Waals surface area contributed by atoms with Crippen LogP contribution >= 0.6 is 11.8 Å². The Balaban J connectivity index is 2.89. The second kappa shape index (κ2) is 6.23. The molecule has 1 aromatic heterocycles. The van der Waals surface area contributed by atoms with E-state index in [0.717, 1.165) is 5.75 Å². The molecule has 0 aliphatic rings. The zero-order chi connectivity index (χ0) is 12.9. The lowest BCUT2D eigenvalue weighted by Crippen LogP contribution is -2.34. The van der Waals surface area contributed by atoms with E-state index in [4.69, 9.17) is 0 Å². The number of thioether (sulfide) groups is 1. The normalized spacial score (nSPS) is 13.4. The van der Waals surface area contributed by atoms with Crippen LogP contribution < -0.4 is 10.0 Å². The summed E-state index contributed by atoms with van der Waals surface area (Å²) in [5, 5.41) is 2.81. The Labute approximate surface area is 106 Å². The molecule has 1 atom stereocenters. The number of rotatable bonds is 6. The summed E-state index contributed by atoms with van der Waals surface area (Å²) in [6.07, 6.45) is 3.41.